The van der Waals surface area contributed by atoms with Gasteiger partial charge < -0.3 is 10.0 Å². The third kappa shape index (κ3) is 4.16. The summed E-state index contributed by atoms with van der Waals surface area (Å²) in [6.07, 6.45) is 8.38. The van der Waals surface area contributed by atoms with Gasteiger partial charge in [-0.15, -0.1) is 0 Å². The highest BCUT2D eigenvalue weighted by Gasteiger charge is 2.22. The summed E-state index contributed by atoms with van der Waals surface area (Å²) in [5.74, 6) is -0.406. The molecule has 29 heavy (non-hydrogen) atoms. The first-order valence-corrected chi connectivity index (χ1v) is 10.2. The number of aromatic carboxylic acids is 1. The van der Waals surface area contributed by atoms with E-state index in [4.69, 9.17) is 0 Å². The first kappa shape index (κ1) is 19.2. The molecule has 0 aliphatic heterocycles. The summed E-state index contributed by atoms with van der Waals surface area (Å²) < 4.78 is 0. The van der Waals surface area contributed by atoms with Crippen molar-refractivity contribution in [2.75, 3.05) is 11.9 Å². The van der Waals surface area contributed by atoms with Gasteiger partial charge in [0.05, 0.1) is 5.56 Å². The van der Waals surface area contributed by atoms with Gasteiger partial charge in [-0.3, -0.25) is 4.98 Å². The molecule has 0 unspecified atom stereocenters. The van der Waals surface area contributed by atoms with Gasteiger partial charge in [0.2, 0.25) is 0 Å². The average Bonchev–Trinajstić information content (AvgIpc) is 2.77. The fraction of sp³-hybridized carbons (Fsp3) is 0.280. The second kappa shape index (κ2) is 8.48. The summed E-state index contributed by atoms with van der Waals surface area (Å²) in [5, 5.41) is 9.40. The number of carboxylic acid groups (broad SMARTS) is 1. The minimum Gasteiger partial charge on any atom is -0.478 e. The van der Waals surface area contributed by atoms with E-state index in [0.717, 1.165) is 31.2 Å². The number of aromatic nitrogens is 1. The van der Waals surface area contributed by atoms with E-state index in [9.17, 15) is 9.90 Å². The van der Waals surface area contributed by atoms with Gasteiger partial charge in [-0.2, -0.15) is 0 Å². The number of para-hydroxylation sites is 1. The molecule has 1 N–H and O–H groups in total. The lowest BCUT2D eigenvalue weighted by Gasteiger charge is -2.28. The van der Waals surface area contributed by atoms with Gasteiger partial charge in [0, 0.05) is 30.8 Å². The number of hydrogen-bond acceptors (Lipinski definition) is 3. The Hall–Kier alpha value is -3.14. The van der Waals surface area contributed by atoms with Gasteiger partial charge in [-0.05, 0) is 85.0 Å². The van der Waals surface area contributed by atoms with Crippen molar-refractivity contribution < 1.29 is 9.90 Å². The first-order valence-electron chi connectivity index (χ1n) is 10.2. The van der Waals surface area contributed by atoms with E-state index in [1.807, 2.05) is 6.07 Å². The highest BCUT2D eigenvalue weighted by atomic mass is 16.4. The van der Waals surface area contributed by atoms with Crippen molar-refractivity contribution in [3.8, 4) is 0 Å². The standard InChI is InChI=1S/C25H26N2O2/c1-27(21-8-3-2-4-9-21)22-12-13-23-18(6-5-7-19(23)16-22)10-11-20-17-26-15-14-24(20)25(28)29/h2-4,8-9,12-18H,5-7,10-11H2,1H3,(H,28,29)/t18-/m1/s1. The van der Waals surface area contributed by atoms with E-state index < -0.39 is 5.97 Å². The molecule has 0 saturated carbocycles. The van der Waals surface area contributed by atoms with Crippen LogP contribution in [0.4, 0.5) is 11.4 Å². The lowest BCUT2D eigenvalue weighted by molar-refractivity contribution is 0.0695. The van der Waals surface area contributed by atoms with Crippen molar-refractivity contribution >= 4 is 17.3 Å². The number of aryl methyl sites for hydroxylation is 2. The predicted octanol–water partition coefficient (Wildman–Crippen LogP) is 5.60. The molecule has 0 spiro atoms. The zero-order valence-electron chi connectivity index (χ0n) is 16.7. The summed E-state index contributed by atoms with van der Waals surface area (Å²) in [6, 6.07) is 18.8. The van der Waals surface area contributed by atoms with Crippen LogP contribution in [0.3, 0.4) is 0 Å². The molecular weight excluding hydrogens is 360 g/mol. The average molecular weight is 386 g/mol. The monoisotopic (exact) mass is 386 g/mol. The second-order valence-corrected chi connectivity index (χ2v) is 7.74. The summed E-state index contributed by atoms with van der Waals surface area (Å²) in [5.41, 5.74) is 6.42. The largest absolute Gasteiger partial charge is 0.478 e. The van der Waals surface area contributed by atoms with Crippen LogP contribution in [0.15, 0.2) is 67.0 Å². The van der Waals surface area contributed by atoms with E-state index in [-0.39, 0.29) is 0 Å². The Morgan fingerprint density at radius 1 is 1.14 bits per heavy atom. The predicted molar refractivity (Wildman–Crippen MR) is 116 cm³/mol. The van der Waals surface area contributed by atoms with Crippen LogP contribution in [-0.2, 0) is 12.8 Å². The molecule has 1 heterocycles. The molecule has 4 heteroatoms. The molecule has 0 radical (unpaired) electrons. The minimum atomic E-state index is -0.875. The summed E-state index contributed by atoms with van der Waals surface area (Å²) >= 11 is 0. The smallest absolute Gasteiger partial charge is 0.336 e. The normalized spacial score (nSPS) is 15.6. The maximum Gasteiger partial charge on any atom is 0.336 e. The maximum atomic E-state index is 11.5. The molecule has 0 fully saturated rings. The third-order valence-electron chi connectivity index (χ3n) is 5.99. The number of carbonyl (C=O) groups is 1. The van der Waals surface area contributed by atoms with Gasteiger partial charge in [0.1, 0.15) is 0 Å². The van der Waals surface area contributed by atoms with Crippen molar-refractivity contribution in [2.45, 2.75) is 38.0 Å². The van der Waals surface area contributed by atoms with Gasteiger partial charge in [0.15, 0.2) is 0 Å². The van der Waals surface area contributed by atoms with Crippen molar-refractivity contribution in [3.05, 3.63) is 89.2 Å². The Kier molecular flexibility index (Phi) is 5.61. The molecule has 0 saturated heterocycles. The number of fused-ring (bicyclic) bond motifs is 1. The topological polar surface area (TPSA) is 53.4 Å². The zero-order chi connectivity index (χ0) is 20.2. The van der Waals surface area contributed by atoms with Crippen LogP contribution in [-0.4, -0.2) is 23.1 Å². The fourth-order valence-electron chi connectivity index (χ4n) is 4.38. The van der Waals surface area contributed by atoms with Gasteiger partial charge in [-0.1, -0.05) is 24.3 Å². The molecule has 1 aliphatic carbocycles. The van der Waals surface area contributed by atoms with E-state index in [2.05, 4.69) is 59.4 Å². The van der Waals surface area contributed by atoms with E-state index in [1.165, 1.54) is 28.9 Å². The molecule has 0 bridgehead atoms. The quantitative estimate of drug-likeness (QED) is 0.599. The number of anilines is 2. The second-order valence-electron chi connectivity index (χ2n) is 7.74. The maximum absolute atomic E-state index is 11.5. The molecule has 2 aromatic carbocycles. The first-order chi connectivity index (χ1) is 14.1. The number of pyridine rings is 1. The summed E-state index contributed by atoms with van der Waals surface area (Å²) in [6.45, 7) is 0. The van der Waals surface area contributed by atoms with Crippen molar-refractivity contribution in [2.24, 2.45) is 0 Å². The van der Waals surface area contributed by atoms with Crippen LogP contribution >= 0.6 is 0 Å². The van der Waals surface area contributed by atoms with Gasteiger partial charge in [0.25, 0.3) is 0 Å². The Labute approximate surface area is 171 Å². The molecule has 4 rings (SSSR count). The lowest BCUT2D eigenvalue weighted by atomic mass is 9.79. The number of nitrogens with zero attached hydrogens (tertiary/aromatic N) is 2. The van der Waals surface area contributed by atoms with Crippen LogP contribution in [0, 0.1) is 0 Å². The molecule has 1 aliphatic rings. The van der Waals surface area contributed by atoms with Crippen LogP contribution in [0.5, 0.6) is 0 Å². The van der Waals surface area contributed by atoms with Crippen molar-refractivity contribution in [1.82, 2.24) is 4.98 Å². The van der Waals surface area contributed by atoms with E-state index in [1.54, 1.807) is 18.5 Å². The summed E-state index contributed by atoms with van der Waals surface area (Å²) in [7, 11) is 2.10. The minimum absolute atomic E-state index is 0.371. The van der Waals surface area contributed by atoms with Gasteiger partial charge in [-0.25, -0.2) is 4.79 Å². The molecule has 1 atom stereocenters. The molecule has 1 aromatic heterocycles. The van der Waals surface area contributed by atoms with Crippen LogP contribution in [0.1, 0.15) is 52.2 Å². The van der Waals surface area contributed by atoms with E-state index in [0.29, 0.717) is 11.5 Å². The van der Waals surface area contributed by atoms with Crippen molar-refractivity contribution in [1.29, 1.82) is 0 Å². The lowest BCUT2D eigenvalue weighted by Crippen LogP contribution is -2.14. The van der Waals surface area contributed by atoms with Gasteiger partial charge >= 0.3 is 5.97 Å². The molecule has 148 valence electrons. The number of hydrogen-bond donors (Lipinski definition) is 1. The SMILES string of the molecule is CN(c1ccccc1)c1ccc2c(c1)CCC[C@@H]2CCc1cnccc1C(=O)O. The fourth-order valence-corrected chi connectivity index (χ4v) is 4.38. The van der Waals surface area contributed by atoms with Crippen molar-refractivity contribution in [3.63, 3.8) is 0 Å². The molecule has 0 amide bonds. The Morgan fingerprint density at radius 2 is 1.97 bits per heavy atom. The Bertz CT molecular complexity index is 1000. The van der Waals surface area contributed by atoms with Crippen LogP contribution < -0.4 is 4.90 Å². The van der Waals surface area contributed by atoms with E-state index >= 15 is 0 Å². The van der Waals surface area contributed by atoms with Crippen LogP contribution in [0.25, 0.3) is 0 Å². The molecule has 4 nitrogen and oxygen atoms in total. The summed E-state index contributed by atoms with van der Waals surface area (Å²) in [4.78, 5) is 17.8. The third-order valence-corrected chi connectivity index (χ3v) is 5.99. The zero-order valence-corrected chi connectivity index (χ0v) is 16.7. The Balaban J connectivity index is 1.53. The number of rotatable bonds is 6. The van der Waals surface area contributed by atoms with Crippen LogP contribution in [0.2, 0.25) is 0 Å². The molecular formula is C25H26N2O2. The Morgan fingerprint density at radius 3 is 2.76 bits per heavy atom. The molecule has 3 aromatic rings. The number of benzene rings is 2. The number of carboxylic acids is 1. The highest BCUT2D eigenvalue weighted by Crippen LogP contribution is 2.37. The highest BCUT2D eigenvalue weighted by molar-refractivity contribution is 5.89.